The van der Waals surface area contributed by atoms with Crippen LogP contribution in [0.4, 0.5) is 0 Å². The first-order chi connectivity index (χ1) is 9.66. The van der Waals surface area contributed by atoms with Crippen LogP contribution >= 0.6 is 0 Å². The molecule has 1 saturated heterocycles. The van der Waals surface area contributed by atoms with Gasteiger partial charge in [0.25, 0.3) is 0 Å². The van der Waals surface area contributed by atoms with Crippen molar-refractivity contribution >= 4 is 5.91 Å². The second kappa shape index (κ2) is 7.41. The molecule has 4 heteroatoms. The van der Waals surface area contributed by atoms with Crippen LogP contribution in [0.1, 0.15) is 30.5 Å². The van der Waals surface area contributed by atoms with Crippen LogP contribution in [0.2, 0.25) is 0 Å². The molecular weight excluding hydrogens is 250 g/mol. The zero-order chi connectivity index (χ0) is 14.4. The van der Waals surface area contributed by atoms with Crippen LogP contribution in [0.15, 0.2) is 24.3 Å². The van der Waals surface area contributed by atoms with Crippen molar-refractivity contribution in [3.05, 3.63) is 35.4 Å². The number of nitrogens with zero attached hydrogens (tertiary/aromatic N) is 1. The summed E-state index contributed by atoms with van der Waals surface area (Å²) in [4.78, 5) is 14.4. The number of aryl methyl sites for hydroxylation is 1. The van der Waals surface area contributed by atoms with Gasteiger partial charge in [-0.05, 0) is 44.5 Å². The van der Waals surface area contributed by atoms with Crippen molar-refractivity contribution in [1.82, 2.24) is 15.5 Å². The van der Waals surface area contributed by atoms with Gasteiger partial charge in [-0.25, -0.2) is 0 Å². The lowest BCUT2D eigenvalue weighted by Crippen LogP contribution is -2.39. The van der Waals surface area contributed by atoms with E-state index in [0.717, 1.165) is 32.6 Å². The van der Waals surface area contributed by atoms with E-state index >= 15 is 0 Å². The van der Waals surface area contributed by atoms with E-state index in [4.69, 9.17) is 0 Å². The van der Waals surface area contributed by atoms with Crippen molar-refractivity contribution in [3.63, 3.8) is 0 Å². The topological polar surface area (TPSA) is 44.4 Å². The molecule has 1 unspecified atom stereocenters. The number of benzene rings is 1. The molecule has 2 N–H and O–H groups in total. The minimum absolute atomic E-state index is 0.0637. The molecule has 4 nitrogen and oxygen atoms in total. The molecule has 1 atom stereocenters. The number of nitrogens with one attached hydrogen (secondary N) is 2. The molecule has 0 bridgehead atoms. The molecule has 0 radical (unpaired) electrons. The predicted octanol–water partition coefficient (Wildman–Crippen LogP) is 1.47. The minimum Gasteiger partial charge on any atom is -0.348 e. The maximum atomic E-state index is 12.1. The summed E-state index contributed by atoms with van der Waals surface area (Å²) in [5.41, 5.74) is 2.41. The molecule has 1 aromatic rings. The molecule has 1 heterocycles. The van der Waals surface area contributed by atoms with Crippen LogP contribution in [-0.2, 0) is 4.79 Å². The van der Waals surface area contributed by atoms with E-state index in [0.29, 0.717) is 6.54 Å². The Morgan fingerprint density at radius 3 is 2.95 bits per heavy atom. The molecule has 0 aromatic heterocycles. The highest BCUT2D eigenvalue weighted by Crippen LogP contribution is 2.16. The Labute approximate surface area is 121 Å². The van der Waals surface area contributed by atoms with Crippen molar-refractivity contribution in [3.8, 4) is 0 Å². The fraction of sp³-hybridized carbons (Fsp3) is 0.562. The van der Waals surface area contributed by atoms with E-state index < -0.39 is 0 Å². The number of hydrogen-bond donors (Lipinski definition) is 2. The van der Waals surface area contributed by atoms with Crippen molar-refractivity contribution in [2.45, 2.75) is 26.3 Å². The van der Waals surface area contributed by atoms with Crippen molar-refractivity contribution in [2.24, 2.45) is 0 Å². The van der Waals surface area contributed by atoms with Crippen LogP contribution in [-0.4, -0.2) is 43.5 Å². The van der Waals surface area contributed by atoms with Crippen LogP contribution in [0, 0.1) is 6.92 Å². The molecule has 0 saturated carbocycles. The third-order valence-electron chi connectivity index (χ3n) is 3.83. The van der Waals surface area contributed by atoms with E-state index in [2.05, 4.69) is 34.6 Å². The Bertz CT molecular complexity index is 439. The lowest BCUT2D eigenvalue weighted by Gasteiger charge is -2.21. The molecule has 0 spiro atoms. The van der Waals surface area contributed by atoms with Crippen LogP contribution in [0.5, 0.6) is 0 Å². The SMILES string of the molecule is Cc1ccccc1C(C)NC(=O)CN1CCCNCC1. The molecule has 1 aromatic carbocycles. The van der Waals surface area contributed by atoms with Gasteiger partial charge in [-0.1, -0.05) is 24.3 Å². The summed E-state index contributed by atoms with van der Waals surface area (Å²) < 4.78 is 0. The zero-order valence-corrected chi connectivity index (χ0v) is 12.5. The van der Waals surface area contributed by atoms with Crippen molar-refractivity contribution < 1.29 is 4.79 Å². The monoisotopic (exact) mass is 275 g/mol. The molecule has 1 aliphatic heterocycles. The summed E-state index contributed by atoms with van der Waals surface area (Å²) in [7, 11) is 0. The van der Waals surface area contributed by atoms with E-state index in [1.54, 1.807) is 0 Å². The highest BCUT2D eigenvalue weighted by Gasteiger charge is 2.15. The molecular formula is C16H25N3O. The van der Waals surface area contributed by atoms with Crippen LogP contribution < -0.4 is 10.6 Å². The summed E-state index contributed by atoms with van der Waals surface area (Å²) in [5.74, 6) is 0.114. The van der Waals surface area contributed by atoms with Gasteiger partial charge in [0.2, 0.25) is 5.91 Å². The molecule has 1 fully saturated rings. The van der Waals surface area contributed by atoms with E-state index in [9.17, 15) is 4.79 Å². The Balaban J connectivity index is 1.86. The average molecular weight is 275 g/mol. The largest absolute Gasteiger partial charge is 0.348 e. The Morgan fingerprint density at radius 2 is 2.15 bits per heavy atom. The Hall–Kier alpha value is -1.39. The lowest BCUT2D eigenvalue weighted by molar-refractivity contribution is -0.122. The quantitative estimate of drug-likeness (QED) is 0.874. The molecule has 20 heavy (non-hydrogen) atoms. The Kier molecular flexibility index (Phi) is 5.56. The first-order valence-corrected chi connectivity index (χ1v) is 7.45. The fourth-order valence-electron chi connectivity index (χ4n) is 2.70. The second-order valence-electron chi connectivity index (χ2n) is 5.53. The molecule has 1 aliphatic rings. The maximum absolute atomic E-state index is 12.1. The highest BCUT2D eigenvalue weighted by molar-refractivity contribution is 5.78. The normalized spacial score (nSPS) is 18.3. The van der Waals surface area contributed by atoms with Gasteiger partial charge in [-0.15, -0.1) is 0 Å². The van der Waals surface area contributed by atoms with Crippen molar-refractivity contribution in [2.75, 3.05) is 32.7 Å². The number of carbonyl (C=O) groups excluding carboxylic acids is 1. The number of carbonyl (C=O) groups is 1. The zero-order valence-electron chi connectivity index (χ0n) is 12.5. The van der Waals surface area contributed by atoms with Gasteiger partial charge < -0.3 is 10.6 Å². The highest BCUT2D eigenvalue weighted by atomic mass is 16.2. The van der Waals surface area contributed by atoms with Crippen LogP contribution in [0.3, 0.4) is 0 Å². The first kappa shape index (κ1) is 15.0. The third-order valence-corrected chi connectivity index (χ3v) is 3.83. The van der Waals surface area contributed by atoms with Gasteiger partial charge in [-0.3, -0.25) is 9.69 Å². The molecule has 110 valence electrons. The molecule has 0 aliphatic carbocycles. The first-order valence-electron chi connectivity index (χ1n) is 7.45. The van der Waals surface area contributed by atoms with Gasteiger partial charge in [-0.2, -0.15) is 0 Å². The lowest BCUT2D eigenvalue weighted by atomic mass is 10.0. The predicted molar refractivity (Wildman–Crippen MR) is 81.7 cm³/mol. The Morgan fingerprint density at radius 1 is 1.35 bits per heavy atom. The smallest absolute Gasteiger partial charge is 0.234 e. The van der Waals surface area contributed by atoms with E-state index in [-0.39, 0.29) is 11.9 Å². The van der Waals surface area contributed by atoms with E-state index in [1.807, 2.05) is 19.1 Å². The van der Waals surface area contributed by atoms with Crippen LogP contribution in [0.25, 0.3) is 0 Å². The van der Waals surface area contributed by atoms with Gasteiger partial charge in [0.05, 0.1) is 12.6 Å². The summed E-state index contributed by atoms with van der Waals surface area (Å²) >= 11 is 0. The number of rotatable bonds is 4. The standard InChI is InChI=1S/C16H25N3O/c1-13-6-3-4-7-15(13)14(2)18-16(20)12-19-10-5-8-17-9-11-19/h3-4,6-7,14,17H,5,8-12H2,1-2H3,(H,18,20). The second-order valence-corrected chi connectivity index (χ2v) is 5.53. The number of amides is 1. The maximum Gasteiger partial charge on any atom is 0.234 e. The van der Waals surface area contributed by atoms with Crippen molar-refractivity contribution in [1.29, 1.82) is 0 Å². The number of hydrogen-bond acceptors (Lipinski definition) is 3. The summed E-state index contributed by atoms with van der Waals surface area (Å²) in [6.07, 6.45) is 1.11. The van der Waals surface area contributed by atoms with Gasteiger partial charge in [0, 0.05) is 13.1 Å². The third kappa shape index (κ3) is 4.32. The molecule has 2 rings (SSSR count). The van der Waals surface area contributed by atoms with Gasteiger partial charge in [0.1, 0.15) is 0 Å². The summed E-state index contributed by atoms with van der Waals surface area (Å²) in [6.45, 7) is 8.60. The molecule has 1 amide bonds. The van der Waals surface area contributed by atoms with E-state index in [1.165, 1.54) is 11.1 Å². The summed E-state index contributed by atoms with van der Waals surface area (Å²) in [5, 5.41) is 6.45. The van der Waals surface area contributed by atoms with Gasteiger partial charge >= 0.3 is 0 Å². The minimum atomic E-state index is 0.0637. The van der Waals surface area contributed by atoms with Gasteiger partial charge in [0.15, 0.2) is 0 Å². The average Bonchev–Trinajstić information content (AvgIpc) is 2.67. The summed E-state index contributed by atoms with van der Waals surface area (Å²) in [6, 6.07) is 8.27. The fourth-order valence-corrected chi connectivity index (χ4v) is 2.70.